The second-order valence-electron chi connectivity index (χ2n) is 5.75. The molecule has 2 aromatic rings. The Morgan fingerprint density at radius 2 is 1.64 bits per heavy atom. The van der Waals surface area contributed by atoms with Gasteiger partial charge in [0, 0.05) is 6.04 Å². The molecule has 0 aromatic heterocycles. The third-order valence-electron chi connectivity index (χ3n) is 4.47. The summed E-state index contributed by atoms with van der Waals surface area (Å²) in [5, 5.41) is 3.63. The molecule has 0 radical (unpaired) electrons. The summed E-state index contributed by atoms with van der Waals surface area (Å²) in [6, 6.07) is 17.0. The van der Waals surface area contributed by atoms with Gasteiger partial charge < -0.3 is 14.8 Å². The molecule has 2 unspecified atom stereocenters. The van der Waals surface area contributed by atoms with E-state index in [9.17, 15) is 0 Å². The Hall–Kier alpha value is -2.00. The van der Waals surface area contributed by atoms with Gasteiger partial charge in [0.15, 0.2) is 0 Å². The van der Waals surface area contributed by atoms with Gasteiger partial charge in [-0.1, -0.05) is 36.4 Å². The van der Waals surface area contributed by atoms with E-state index in [0.29, 0.717) is 5.92 Å². The van der Waals surface area contributed by atoms with Crippen LogP contribution in [0, 0.1) is 5.92 Å². The van der Waals surface area contributed by atoms with Gasteiger partial charge in [-0.2, -0.15) is 0 Å². The molecule has 1 heterocycles. The Labute approximate surface area is 132 Å². The molecule has 3 heteroatoms. The molecular weight excluding hydrogens is 274 g/mol. The van der Waals surface area contributed by atoms with Crippen LogP contribution in [0.25, 0.3) is 0 Å². The summed E-state index contributed by atoms with van der Waals surface area (Å²) in [7, 11) is 3.44. The zero-order chi connectivity index (χ0) is 15.4. The summed E-state index contributed by atoms with van der Waals surface area (Å²) in [5.74, 6) is 2.35. The third kappa shape index (κ3) is 2.95. The van der Waals surface area contributed by atoms with Gasteiger partial charge in [0.25, 0.3) is 0 Å². The highest BCUT2D eigenvalue weighted by Crippen LogP contribution is 2.41. The second-order valence-corrected chi connectivity index (χ2v) is 5.75. The van der Waals surface area contributed by atoms with Gasteiger partial charge in [-0.25, -0.2) is 0 Å². The second kappa shape index (κ2) is 6.84. The first-order valence-corrected chi connectivity index (χ1v) is 7.81. The molecule has 1 N–H and O–H groups in total. The van der Waals surface area contributed by atoms with E-state index < -0.39 is 0 Å². The Balaban J connectivity index is 1.90. The van der Waals surface area contributed by atoms with Crippen LogP contribution in [-0.2, 0) is 6.42 Å². The maximum Gasteiger partial charge on any atom is 0.127 e. The molecule has 1 fully saturated rings. The van der Waals surface area contributed by atoms with Crippen molar-refractivity contribution in [3.8, 4) is 11.5 Å². The van der Waals surface area contributed by atoms with Crippen molar-refractivity contribution in [2.75, 3.05) is 20.8 Å². The summed E-state index contributed by atoms with van der Waals surface area (Å²) in [4.78, 5) is 0. The van der Waals surface area contributed by atoms with Crippen LogP contribution >= 0.6 is 0 Å². The molecule has 0 amide bonds. The lowest BCUT2D eigenvalue weighted by Gasteiger charge is -2.24. The molecule has 2 atom stereocenters. The molecule has 0 bridgehead atoms. The number of ether oxygens (including phenoxy) is 2. The van der Waals surface area contributed by atoms with E-state index in [-0.39, 0.29) is 6.04 Å². The first-order chi connectivity index (χ1) is 10.8. The van der Waals surface area contributed by atoms with Gasteiger partial charge in [0.2, 0.25) is 0 Å². The van der Waals surface area contributed by atoms with Gasteiger partial charge in [-0.3, -0.25) is 0 Å². The van der Waals surface area contributed by atoms with Crippen LogP contribution in [-0.4, -0.2) is 20.8 Å². The zero-order valence-corrected chi connectivity index (χ0v) is 13.2. The molecular formula is C19H23NO2. The molecule has 0 spiro atoms. The molecule has 116 valence electrons. The average Bonchev–Trinajstić information content (AvgIpc) is 3.02. The van der Waals surface area contributed by atoms with Crippen LogP contribution in [0.2, 0.25) is 0 Å². The molecule has 1 aliphatic rings. The summed E-state index contributed by atoms with van der Waals surface area (Å²) >= 11 is 0. The molecule has 1 saturated heterocycles. The summed E-state index contributed by atoms with van der Waals surface area (Å²) in [6.07, 6.45) is 2.24. The van der Waals surface area contributed by atoms with Crippen LogP contribution in [0.5, 0.6) is 11.5 Å². The Kier molecular flexibility index (Phi) is 4.64. The van der Waals surface area contributed by atoms with Crippen LogP contribution < -0.4 is 14.8 Å². The molecule has 0 saturated carbocycles. The van der Waals surface area contributed by atoms with Crippen LogP contribution in [0.3, 0.4) is 0 Å². The lowest BCUT2D eigenvalue weighted by atomic mass is 9.88. The summed E-state index contributed by atoms with van der Waals surface area (Å²) in [5.41, 5.74) is 2.53. The monoisotopic (exact) mass is 297 g/mol. The fraction of sp³-hybridized carbons (Fsp3) is 0.368. The van der Waals surface area contributed by atoms with Crippen molar-refractivity contribution in [2.24, 2.45) is 5.92 Å². The maximum atomic E-state index is 5.58. The minimum absolute atomic E-state index is 0.270. The van der Waals surface area contributed by atoms with Gasteiger partial charge in [0.05, 0.1) is 19.8 Å². The van der Waals surface area contributed by atoms with Gasteiger partial charge in [-0.15, -0.1) is 0 Å². The van der Waals surface area contributed by atoms with E-state index in [0.717, 1.165) is 30.0 Å². The lowest BCUT2D eigenvalue weighted by molar-refractivity contribution is 0.359. The predicted molar refractivity (Wildman–Crippen MR) is 88.5 cm³/mol. The first kappa shape index (κ1) is 14.9. The van der Waals surface area contributed by atoms with Gasteiger partial charge in [0.1, 0.15) is 11.5 Å². The standard InChI is InChI=1S/C19H23NO2/c1-21-16-9-6-10-17(22-2)18(16)19-15(11-12-20-19)13-14-7-4-3-5-8-14/h3-10,15,19-20H,11-13H2,1-2H3. The number of hydrogen-bond acceptors (Lipinski definition) is 3. The first-order valence-electron chi connectivity index (χ1n) is 7.81. The van der Waals surface area contributed by atoms with Gasteiger partial charge >= 0.3 is 0 Å². The Morgan fingerprint density at radius 1 is 0.955 bits per heavy atom. The topological polar surface area (TPSA) is 30.5 Å². The largest absolute Gasteiger partial charge is 0.496 e. The normalized spacial score (nSPS) is 20.8. The van der Waals surface area contributed by atoms with E-state index in [1.54, 1.807) is 14.2 Å². The van der Waals surface area contributed by atoms with E-state index in [4.69, 9.17) is 9.47 Å². The number of hydrogen-bond donors (Lipinski definition) is 1. The highest BCUT2D eigenvalue weighted by atomic mass is 16.5. The van der Waals surface area contributed by atoms with Crippen molar-refractivity contribution in [1.29, 1.82) is 0 Å². The number of rotatable bonds is 5. The van der Waals surface area contributed by atoms with Crippen molar-refractivity contribution in [1.82, 2.24) is 5.32 Å². The minimum Gasteiger partial charge on any atom is -0.496 e. The number of benzene rings is 2. The molecule has 0 aliphatic carbocycles. The number of nitrogens with one attached hydrogen (secondary N) is 1. The molecule has 2 aromatic carbocycles. The highest BCUT2D eigenvalue weighted by molar-refractivity contribution is 5.47. The van der Waals surface area contributed by atoms with Crippen molar-refractivity contribution < 1.29 is 9.47 Å². The van der Waals surface area contributed by atoms with Crippen LogP contribution in [0.4, 0.5) is 0 Å². The molecule has 22 heavy (non-hydrogen) atoms. The minimum atomic E-state index is 0.270. The van der Waals surface area contributed by atoms with E-state index in [1.165, 1.54) is 12.0 Å². The van der Waals surface area contributed by atoms with Crippen molar-refractivity contribution >= 4 is 0 Å². The van der Waals surface area contributed by atoms with Crippen LogP contribution in [0.15, 0.2) is 48.5 Å². The zero-order valence-electron chi connectivity index (χ0n) is 13.2. The van der Waals surface area contributed by atoms with E-state index >= 15 is 0 Å². The molecule has 1 aliphatic heterocycles. The van der Waals surface area contributed by atoms with Gasteiger partial charge in [-0.05, 0) is 43.0 Å². The van der Waals surface area contributed by atoms with Crippen molar-refractivity contribution in [3.63, 3.8) is 0 Å². The smallest absolute Gasteiger partial charge is 0.127 e. The number of methoxy groups -OCH3 is 2. The fourth-order valence-corrected chi connectivity index (χ4v) is 3.42. The summed E-state index contributed by atoms with van der Waals surface area (Å²) < 4.78 is 11.2. The highest BCUT2D eigenvalue weighted by Gasteiger charge is 2.32. The lowest BCUT2D eigenvalue weighted by Crippen LogP contribution is -2.20. The maximum absolute atomic E-state index is 5.58. The van der Waals surface area contributed by atoms with Crippen molar-refractivity contribution in [2.45, 2.75) is 18.9 Å². The Morgan fingerprint density at radius 3 is 2.27 bits per heavy atom. The SMILES string of the molecule is COc1cccc(OC)c1C1NCCC1Cc1ccccc1. The third-order valence-corrected chi connectivity index (χ3v) is 4.47. The predicted octanol–water partition coefficient (Wildman–Crippen LogP) is 3.60. The fourth-order valence-electron chi connectivity index (χ4n) is 3.42. The molecule has 3 rings (SSSR count). The quantitative estimate of drug-likeness (QED) is 0.914. The summed E-state index contributed by atoms with van der Waals surface area (Å²) in [6.45, 7) is 1.03. The average molecular weight is 297 g/mol. The van der Waals surface area contributed by atoms with E-state index in [1.807, 2.05) is 18.2 Å². The molecule has 3 nitrogen and oxygen atoms in total. The van der Waals surface area contributed by atoms with Crippen LogP contribution in [0.1, 0.15) is 23.6 Å². The van der Waals surface area contributed by atoms with Crippen molar-refractivity contribution in [3.05, 3.63) is 59.7 Å². The Bertz CT molecular complexity index is 590. The van der Waals surface area contributed by atoms with E-state index in [2.05, 4.69) is 35.6 Å².